The Labute approximate surface area is 111 Å². The first-order chi connectivity index (χ1) is 9.11. The van der Waals surface area contributed by atoms with E-state index in [4.69, 9.17) is 10.5 Å². The minimum Gasteiger partial charge on any atom is -0.461 e. The molecule has 0 spiro atoms. The van der Waals surface area contributed by atoms with Gasteiger partial charge in [-0.1, -0.05) is 35.0 Å². The normalized spacial score (nSPS) is 10.4. The molecule has 0 aliphatic rings. The Kier molecular flexibility index (Phi) is 3.79. The molecule has 0 fully saturated rings. The average Bonchev–Trinajstić information content (AvgIpc) is 2.71. The van der Waals surface area contributed by atoms with Crippen molar-refractivity contribution >= 4 is 11.8 Å². The summed E-state index contributed by atoms with van der Waals surface area (Å²) < 4.78 is 6.34. The van der Waals surface area contributed by atoms with Crippen LogP contribution >= 0.6 is 0 Å². The molecule has 0 aliphatic heterocycles. The molecule has 0 atom stereocenters. The lowest BCUT2D eigenvalue weighted by molar-refractivity contribution is 0.0520. The molecule has 100 valence electrons. The summed E-state index contributed by atoms with van der Waals surface area (Å²) in [5.41, 5.74) is 8.12. The summed E-state index contributed by atoms with van der Waals surface area (Å²) in [6.07, 6.45) is 0. The van der Waals surface area contributed by atoms with Gasteiger partial charge < -0.3 is 10.5 Å². The highest BCUT2D eigenvalue weighted by molar-refractivity contribution is 5.91. The van der Waals surface area contributed by atoms with E-state index < -0.39 is 5.97 Å². The van der Waals surface area contributed by atoms with Crippen LogP contribution in [0, 0.1) is 6.92 Å². The number of carbonyl (C=O) groups is 1. The molecule has 0 saturated heterocycles. The second-order valence-corrected chi connectivity index (χ2v) is 4.19. The molecule has 0 aliphatic carbocycles. The lowest BCUT2D eigenvalue weighted by atomic mass is 10.1. The third-order valence-electron chi connectivity index (χ3n) is 2.66. The van der Waals surface area contributed by atoms with Gasteiger partial charge in [0, 0.05) is 0 Å². The highest BCUT2D eigenvalue weighted by Crippen LogP contribution is 2.12. The Morgan fingerprint density at radius 1 is 1.47 bits per heavy atom. The Morgan fingerprint density at radius 2 is 2.26 bits per heavy atom. The van der Waals surface area contributed by atoms with E-state index in [1.807, 2.05) is 31.2 Å². The van der Waals surface area contributed by atoms with Crippen molar-refractivity contribution in [2.24, 2.45) is 0 Å². The zero-order valence-corrected chi connectivity index (χ0v) is 11.0. The van der Waals surface area contributed by atoms with Gasteiger partial charge in [-0.2, -0.15) is 0 Å². The number of hydrogen-bond acceptors (Lipinski definition) is 5. The van der Waals surface area contributed by atoms with Gasteiger partial charge >= 0.3 is 5.97 Å². The quantitative estimate of drug-likeness (QED) is 0.840. The van der Waals surface area contributed by atoms with E-state index in [2.05, 4.69) is 10.3 Å². The van der Waals surface area contributed by atoms with Crippen LogP contribution in [-0.4, -0.2) is 27.6 Å². The van der Waals surface area contributed by atoms with E-state index in [0.717, 1.165) is 11.1 Å². The number of anilines is 1. The highest BCUT2D eigenvalue weighted by Gasteiger charge is 2.18. The van der Waals surface area contributed by atoms with Crippen molar-refractivity contribution in [2.45, 2.75) is 20.4 Å². The summed E-state index contributed by atoms with van der Waals surface area (Å²) in [6.45, 7) is 4.49. The molecule has 0 saturated carbocycles. The second-order valence-electron chi connectivity index (χ2n) is 4.19. The first-order valence-electron chi connectivity index (χ1n) is 6.03. The highest BCUT2D eigenvalue weighted by atomic mass is 16.5. The monoisotopic (exact) mass is 260 g/mol. The summed E-state index contributed by atoms with van der Waals surface area (Å²) in [4.78, 5) is 11.6. The Bertz CT molecular complexity index is 592. The van der Waals surface area contributed by atoms with Crippen LogP contribution in [-0.2, 0) is 11.3 Å². The maximum atomic E-state index is 11.6. The van der Waals surface area contributed by atoms with E-state index in [1.54, 1.807) is 6.92 Å². The van der Waals surface area contributed by atoms with Crippen molar-refractivity contribution in [1.29, 1.82) is 0 Å². The zero-order valence-electron chi connectivity index (χ0n) is 11.0. The topological polar surface area (TPSA) is 83.0 Å². The lowest BCUT2D eigenvalue weighted by Gasteiger charge is -2.04. The number of hydrogen-bond donors (Lipinski definition) is 1. The summed E-state index contributed by atoms with van der Waals surface area (Å²) in [5.74, 6) is -0.324. The molecule has 1 aromatic heterocycles. The van der Waals surface area contributed by atoms with Gasteiger partial charge in [-0.15, -0.1) is 5.10 Å². The fourth-order valence-electron chi connectivity index (χ4n) is 1.77. The molecule has 0 bridgehead atoms. The molecule has 2 rings (SSSR count). The third kappa shape index (κ3) is 2.90. The van der Waals surface area contributed by atoms with Crippen molar-refractivity contribution in [3.8, 4) is 0 Å². The summed E-state index contributed by atoms with van der Waals surface area (Å²) in [7, 11) is 0. The van der Waals surface area contributed by atoms with Crippen LogP contribution in [0.1, 0.15) is 28.5 Å². The van der Waals surface area contributed by atoms with Crippen molar-refractivity contribution < 1.29 is 9.53 Å². The zero-order chi connectivity index (χ0) is 13.8. The standard InChI is InChI=1S/C13H16N4O2/c1-3-19-13(18)11-12(14)17(16-15-11)8-10-6-4-5-9(2)7-10/h4-7H,3,8,14H2,1-2H3. The summed E-state index contributed by atoms with van der Waals surface area (Å²) in [6, 6.07) is 7.98. The van der Waals surface area contributed by atoms with E-state index in [0.29, 0.717) is 6.54 Å². The number of aromatic nitrogens is 3. The van der Waals surface area contributed by atoms with Crippen LogP contribution < -0.4 is 5.73 Å². The molecule has 0 unspecified atom stereocenters. The maximum Gasteiger partial charge on any atom is 0.362 e. The number of carbonyl (C=O) groups excluding carboxylic acids is 1. The summed E-state index contributed by atoms with van der Waals surface area (Å²) in [5, 5.41) is 7.65. The molecule has 6 nitrogen and oxygen atoms in total. The molecule has 0 radical (unpaired) electrons. The molecule has 1 heterocycles. The Hall–Kier alpha value is -2.37. The minimum atomic E-state index is -0.546. The largest absolute Gasteiger partial charge is 0.461 e. The van der Waals surface area contributed by atoms with Gasteiger partial charge in [0.15, 0.2) is 5.82 Å². The lowest BCUT2D eigenvalue weighted by Crippen LogP contribution is -2.10. The maximum absolute atomic E-state index is 11.6. The van der Waals surface area contributed by atoms with Crippen molar-refractivity contribution in [3.05, 3.63) is 41.1 Å². The average molecular weight is 260 g/mol. The van der Waals surface area contributed by atoms with Crippen LogP contribution in [0.15, 0.2) is 24.3 Å². The smallest absolute Gasteiger partial charge is 0.362 e. The van der Waals surface area contributed by atoms with Gasteiger partial charge in [0.2, 0.25) is 5.69 Å². The van der Waals surface area contributed by atoms with Gasteiger partial charge in [0.1, 0.15) is 0 Å². The predicted molar refractivity (Wildman–Crippen MR) is 70.7 cm³/mol. The molecule has 0 amide bonds. The molecular formula is C13H16N4O2. The minimum absolute atomic E-state index is 0.0644. The second kappa shape index (κ2) is 5.51. The number of esters is 1. The van der Waals surface area contributed by atoms with Crippen LogP contribution in [0.5, 0.6) is 0 Å². The molecule has 2 N–H and O–H groups in total. The number of aryl methyl sites for hydroxylation is 1. The van der Waals surface area contributed by atoms with Crippen LogP contribution in [0.3, 0.4) is 0 Å². The molecule has 2 aromatic rings. The summed E-state index contributed by atoms with van der Waals surface area (Å²) >= 11 is 0. The fraction of sp³-hybridized carbons (Fsp3) is 0.308. The van der Waals surface area contributed by atoms with Gasteiger partial charge in [0.25, 0.3) is 0 Å². The van der Waals surface area contributed by atoms with Gasteiger partial charge in [-0.3, -0.25) is 0 Å². The third-order valence-corrected chi connectivity index (χ3v) is 2.66. The number of ether oxygens (including phenoxy) is 1. The van der Waals surface area contributed by atoms with Gasteiger partial charge in [-0.25, -0.2) is 9.48 Å². The number of benzene rings is 1. The SMILES string of the molecule is CCOC(=O)c1nnn(Cc2cccc(C)c2)c1N. The first kappa shape index (κ1) is 13.1. The Balaban J connectivity index is 2.20. The van der Waals surface area contributed by atoms with Crippen LogP contribution in [0.4, 0.5) is 5.82 Å². The van der Waals surface area contributed by atoms with Gasteiger partial charge in [-0.05, 0) is 19.4 Å². The van der Waals surface area contributed by atoms with Gasteiger partial charge in [0.05, 0.1) is 13.2 Å². The number of nitrogens with zero attached hydrogens (tertiary/aromatic N) is 3. The number of nitrogens with two attached hydrogens (primary N) is 1. The van der Waals surface area contributed by atoms with E-state index in [1.165, 1.54) is 4.68 Å². The molecule has 19 heavy (non-hydrogen) atoms. The number of nitrogen functional groups attached to an aromatic ring is 1. The predicted octanol–water partition coefficient (Wildman–Crippen LogP) is 1.39. The molecule has 6 heteroatoms. The number of rotatable bonds is 4. The van der Waals surface area contributed by atoms with Crippen molar-refractivity contribution in [3.63, 3.8) is 0 Å². The van der Waals surface area contributed by atoms with Crippen LogP contribution in [0.25, 0.3) is 0 Å². The van der Waals surface area contributed by atoms with E-state index >= 15 is 0 Å². The van der Waals surface area contributed by atoms with Crippen LogP contribution in [0.2, 0.25) is 0 Å². The van der Waals surface area contributed by atoms with E-state index in [-0.39, 0.29) is 18.1 Å². The van der Waals surface area contributed by atoms with E-state index in [9.17, 15) is 4.79 Å². The fourth-order valence-corrected chi connectivity index (χ4v) is 1.77. The molecular weight excluding hydrogens is 244 g/mol. The van der Waals surface area contributed by atoms with Crippen molar-refractivity contribution in [2.75, 3.05) is 12.3 Å². The van der Waals surface area contributed by atoms with Crippen molar-refractivity contribution in [1.82, 2.24) is 15.0 Å². The Morgan fingerprint density at radius 3 is 2.95 bits per heavy atom. The first-order valence-corrected chi connectivity index (χ1v) is 6.03. The molecule has 1 aromatic carbocycles.